The molecule has 0 aliphatic rings. The molecule has 138 valence electrons. The molecule has 2 aromatic heterocycles. The summed E-state index contributed by atoms with van der Waals surface area (Å²) in [5.41, 5.74) is 3.05. The lowest BCUT2D eigenvalue weighted by atomic mass is 10.1. The SMILES string of the molecule is Cc1ccc(-c2nc(CCNS(=O)(=O)c3c(C)nn(C)c3Cl)co2)cc1. The first-order chi connectivity index (χ1) is 12.3. The van der Waals surface area contributed by atoms with E-state index in [2.05, 4.69) is 14.8 Å². The fourth-order valence-corrected chi connectivity index (χ4v) is 4.33. The summed E-state index contributed by atoms with van der Waals surface area (Å²) in [4.78, 5) is 4.40. The molecule has 9 heteroatoms. The Hall–Kier alpha value is -2.16. The van der Waals surface area contributed by atoms with Crippen molar-refractivity contribution in [1.82, 2.24) is 19.5 Å². The number of rotatable bonds is 6. The van der Waals surface area contributed by atoms with Crippen LogP contribution in [-0.4, -0.2) is 29.7 Å². The van der Waals surface area contributed by atoms with E-state index in [1.54, 1.807) is 14.0 Å². The zero-order valence-corrected chi connectivity index (χ0v) is 16.2. The highest BCUT2D eigenvalue weighted by atomic mass is 35.5. The summed E-state index contributed by atoms with van der Waals surface area (Å²) in [5, 5.41) is 4.11. The van der Waals surface area contributed by atoms with Gasteiger partial charge >= 0.3 is 0 Å². The van der Waals surface area contributed by atoms with Gasteiger partial charge in [-0.25, -0.2) is 18.1 Å². The molecule has 0 bridgehead atoms. The van der Waals surface area contributed by atoms with Crippen LogP contribution >= 0.6 is 11.6 Å². The summed E-state index contributed by atoms with van der Waals surface area (Å²) in [7, 11) is -2.15. The second-order valence-electron chi connectivity index (χ2n) is 5.99. The molecule has 0 atom stereocenters. The van der Waals surface area contributed by atoms with Crippen LogP contribution in [0.2, 0.25) is 5.15 Å². The van der Waals surface area contributed by atoms with Gasteiger partial charge < -0.3 is 4.42 Å². The van der Waals surface area contributed by atoms with Crippen molar-refractivity contribution >= 4 is 21.6 Å². The number of sulfonamides is 1. The van der Waals surface area contributed by atoms with Gasteiger partial charge in [-0.15, -0.1) is 0 Å². The van der Waals surface area contributed by atoms with Crippen LogP contribution < -0.4 is 4.72 Å². The second-order valence-corrected chi connectivity index (χ2v) is 8.05. The minimum Gasteiger partial charge on any atom is -0.444 e. The molecule has 0 aliphatic carbocycles. The Morgan fingerprint density at radius 2 is 1.92 bits per heavy atom. The highest BCUT2D eigenvalue weighted by molar-refractivity contribution is 7.89. The van der Waals surface area contributed by atoms with Gasteiger partial charge in [0.15, 0.2) is 0 Å². The first kappa shape index (κ1) is 18.6. The molecule has 3 rings (SSSR count). The van der Waals surface area contributed by atoms with Gasteiger partial charge in [-0.2, -0.15) is 5.10 Å². The number of halogens is 1. The average Bonchev–Trinajstić information content (AvgIpc) is 3.13. The Bertz CT molecular complexity index is 1020. The van der Waals surface area contributed by atoms with Crippen LogP contribution in [0.3, 0.4) is 0 Å². The van der Waals surface area contributed by atoms with Gasteiger partial charge in [0, 0.05) is 25.6 Å². The first-order valence-electron chi connectivity index (χ1n) is 7.98. The van der Waals surface area contributed by atoms with Crippen LogP contribution in [0, 0.1) is 13.8 Å². The molecule has 0 amide bonds. The highest BCUT2D eigenvalue weighted by Crippen LogP contribution is 2.24. The fraction of sp³-hybridized carbons (Fsp3) is 0.294. The average molecular weight is 395 g/mol. The number of oxazole rings is 1. The van der Waals surface area contributed by atoms with Gasteiger partial charge in [0.05, 0.1) is 11.4 Å². The topological polar surface area (TPSA) is 90.0 Å². The van der Waals surface area contributed by atoms with Crippen molar-refractivity contribution in [1.29, 1.82) is 0 Å². The Labute approximate surface area is 157 Å². The molecule has 1 N–H and O–H groups in total. The van der Waals surface area contributed by atoms with E-state index >= 15 is 0 Å². The van der Waals surface area contributed by atoms with Crippen molar-refractivity contribution in [3.8, 4) is 11.5 Å². The predicted molar refractivity (Wildman–Crippen MR) is 98.5 cm³/mol. The van der Waals surface area contributed by atoms with E-state index in [9.17, 15) is 8.42 Å². The lowest BCUT2D eigenvalue weighted by Gasteiger charge is -2.05. The summed E-state index contributed by atoms with van der Waals surface area (Å²) < 4.78 is 34.2. The summed E-state index contributed by atoms with van der Waals surface area (Å²) in [5.74, 6) is 0.508. The molecule has 3 aromatic rings. The Kier molecular flexibility index (Phi) is 5.17. The molecule has 0 spiro atoms. The molecule has 2 heterocycles. The van der Waals surface area contributed by atoms with Crippen molar-refractivity contribution in [2.75, 3.05) is 6.54 Å². The zero-order chi connectivity index (χ0) is 18.9. The molecule has 0 saturated carbocycles. The van der Waals surface area contributed by atoms with Crippen LogP contribution in [0.4, 0.5) is 0 Å². The molecule has 1 aromatic carbocycles. The van der Waals surface area contributed by atoms with E-state index in [-0.39, 0.29) is 16.6 Å². The van der Waals surface area contributed by atoms with Crippen molar-refractivity contribution in [2.24, 2.45) is 7.05 Å². The summed E-state index contributed by atoms with van der Waals surface area (Å²) in [6.07, 6.45) is 1.93. The lowest BCUT2D eigenvalue weighted by Crippen LogP contribution is -2.26. The van der Waals surface area contributed by atoms with E-state index < -0.39 is 10.0 Å². The third-order valence-corrected chi connectivity index (χ3v) is 6.05. The molecule has 7 nitrogen and oxygen atoms in total. The largest absolute Gasteiger partial charge is 0.444 e. The maximum absolute atomic E-state index is 12.4. The maximum Gasteiger partial charge on any atom is 0.245 e. The standard InChI is InChI=1S/C17H19ClN4O3S/c1-11-4-6-13(7-5-11)17-20-14(10-25-17)8-9-19-26(23,24)15-12(2)21-22(3)16(15)18/h4-7,10,19H,8-9H2,1-3H3. The van der Waals surface area contributed by atoms with Gasteiger partial charge in [-0.05, 0) is 26.0 Å². The van der Waals surface area contributed by atoms with Gasteiger partial charge in [0.1, 0.15) is 16.3 Å². The van der Waals surface area contributed by atoms with E-state index in [1.807, 2.05) is 31.2 Å². The van der Waals surface area contributed by atoms with Gasteiger partial charge in [0.25, 0.3) is 0 Å². The zero-order valence-electron chi connectivity index (χ0n) is 14.7. The van der Waals surface area contributed by atoms with Crippen LogP contribution in [0.15, 0.2) is 39.8 Å². The second kappa shape index (κ2) is 7.22. The third kappa shape index (κ3) is 3.82. The number of nitrogens with one attached hydrogen (secondary N) is 1. The number of benzene rings is 1. The van der Waals surface area contributed by atoms with Crippen LogP contribution in [0.5, 0.6) is 0 Å². The predicted octanol–water partition coefficient (Wildman–Crippen LogP) is 2.87. The van der Waals surface area contributed by atoms with Crippen molar-refractivity contribution in [3.05, 3.63) is 52.6 Å². The molecule has 0 radical (unpaired) electrons. The van der Waals surface area contributed by atoms with Crippen molar-refractivity contribution in [2.45, 2.75) is 25.2 Å². The molecular weight excluding hydrogens is 376 g/mol. The van der Waals surface area contributed by atoms with E-state index in [1.165, 1.54) is 10.9 Å². The van der Waals surface area contributed by atoms with Crippen molar-refractivity contribution in [3.63, 3.8) is 0 Å². The molecule has 0 unspecified atom stereocenters. The summed E-state index contributed by atoms with van der Waals surface area (Å²) >= 11 is 6.03. The maximum atomic E-state index is 12.4. The Balaban J connectivity index is 1.66. The first-order valence-corrected chi connectivity index (χ1v) is 9.84. The van der Waals surface area contributed by atoms with E-state index in [0.717, 1.165) is 11.1 Å². The molecular formula is C17H19ClN4O3S. The Morgan fingerprint density at radius 3 is 2.54 bits per heavy atom. The van der Waals surface area contributed by atoms with Crippen LogP contribution in [0.25, 0.3) is 11.5 Å². The third-order valence-electron chi connectivity index (χ3n) is 3.89. The number of hydrogen-bond acceptors (Lipinski definition) is 5. The molecule has 26 heavy (non-hydrogen) atoms. The summed E-state index contributed by atoms with van der Waals surface area (Å²) in [6, 6.07) is 7.82. The molecule has 0 fully saturated rings. The van der Waals surface area contributed by atoms with E-state index in [4.69, 9.17) is 16.0 Å². The van der Waals surface area contributed by atoms with Gasteiger partial charge in [0.2, 0.25) is 15.9 Å². The van der Waals surface area contributed by atoms with E-state index in [0.29, 0.717) is 23.7 Å². The van der Waals surface area contributed by atoms with Crippen LogP contribution in [-0.2, 0) is 23.5 Å². The van der Waals surface area contributed by atoms with Gasteiger partial charge in [-0.1, -0.05) is 29.3 Å². The number of hydrogen-bond donors (Lipinski definition) is 1. The molecule has 0 aliphatic heterocycles. The lowest BCUT2D eigenvalue weighted by molar-refractivity contribution is 0.570. The monoisotopic (exact) mass is 394 g/mol. The minimum atomic E-state index is -3.74. The minimum absolute atomic E-state index is 0.00200. The highest BCUT2D eigenvalue weighted by Gasteiger charge is 2.24. The number of aryl methyl sites for hydroxylation is 3. The van der Waals surface area contributed by atoms with Crippen molar-refractivity contribution < 1.29 is 12.8 Å². The normalized spacial score (nSPS) is 11.8. The molecule has 0 saturated heterocycles. The number of nitrogens with zero attached hydrogens (tertiary/aromatic N) is 3. The number of aromatic nitrogens is 3. The van der Waals surface area contributed by atoms with Gasteiger partial charge in [-0.3, -0.25) is 4.68 Å². The quantitative estimate of drug-likeness (QED) is 0.694. The fourth-order valence-electron chi connectivity index (χ4n) is 2.55. The smallest absolute Gasteiger partial charge is 0.245 e. The Morgan fingerprint density at radius 1 is 1.23 bits per heavy atom. The summed E-state index contributed by atoms with van der Waals surface area (Å²) in [6.45, 7) is 3.78. The van der Waals surface area contributed by atoms with Crippen LogP contribution in [0.1, 0.15) is 17.0 Å².